The third-order valence-electron chi connectivity index (χ3n) is 5.84. The molecule has 0 saturated heterocycles. The van der Waals surface area contributed by atoms with Gasteiger partial charge >= 0.3 is 0 Å². The van der Waals surface area contributed by atoms with Crippen molar-refractivity contribution in [2.45, 2.75) is 31.1 Å². The number of unbranched alkanes of at least 4 members (excludes halogenated alkanes) is 1. The standard InChI is InChI=1S/C26H27NO2/c28-25(27-17-8-7-9-21-16-18-29-20-21)15-14-24-19-26(24,22-10-3-1-4-11-22)23-12-5-2-6-13-23/h1-6,10-16,18,20,24H,7-9,17,19H2,(H,27,28)/t24-/m1/s1. The highest BCUT2D eigenvalue weighted by molar-refractivity contribution is 5.87. The van der Waals surface area contributed by atoms with Crippen molar-refractivity contribution in [1.29, 1.82) is 0 Å². The van der Waals surface area contributed by atoms with Gasteiger partial charge in [0, 0.05) is 12.0 Å². The normalized spacial score (nSPS) is 17.3. The predicted molar refractivity (Wildman–Crippen MR) is 116 cm³/mol. The summed E-state index contributed by atoms with van der Waals surface area (Å²) in [5, 5.41) is 3.00. The number of aryl methyl sites for hydroxylation is 1. The van der Waals surface area contributed by atoms with E-state index in [1.165, 1.54) is 16.7 Å². The van der Waals surface area contributed by atoms with Crippen molar-refractivity contribution in [3.8, 4) is 0 Å². The first-order valence-electron chi connectivity index (χ1n) is 10.4. The number of rotatable bonds is 9. The van der Waals surface area contributed by atoms with E-state index >= 15 is 0 Å². The fourth-order valence-corrected chi connectivity index (χ4v) is 4.18. The second-order valence-electron chi connectivity index (χ2n) is 7.75. The minimum atomic E-state index is -0.0100. The van der Waals surface area contributed by atoms with Crippen molar-refractivity contribution in [1.82, 2.24) is 5.32 Å². The summed E-state index contributed by atoms with van der Waals surface area (Å²) in [7, 11) is 0. The smallest absolute Gasteiger partial charge is 0.243 e. The molecule has 4 rings (SSSR count). The Morgan fingerprint density at radius 1 is 1.00 bits per heavy atom. The largest absolute Gasteiger partial charge is 0.472 e. The molecule has 1 N–H and O–H groups in total. The molecule has 1 aromatic heterocycles. The summed E-state index contributed by atoms with van der Waals surface area (Å²) in [4.78, 5) is 12.2. The average molecular weight is 386 g/mol. The molecule has 0 radical (unpaired) electrons. The predicted octanol–water partition coefficient (Wildman–Crippen LogP) is 5.28. The van der Waals surface area contributed by atoms with E-state index in [0.29, 0.717) is 12.5 Å². The summed E-state index contributed by atoms with van der Waals surface area (Å²) < 4.78 is 5.07. The maximum absolute atomic E-state index is 12.2. The van der Waals surface area contributed by atoms with Crippen molar-refractivity contribution in [3.63, 3.8) is 0 Å². The zero-order chi connectivity index (χ0) is 19.9. The first-order valence-corrected chi connectivity index (χ1v) is 10.4. The van der Waals surface area contributed by atoms with Crippen molar-refractivity contribution in [3.05, 3.63) is 108 Å². The number of carbonyl (C=O) groups excluding carboxylic acids is 1. The van der Waals surface area contributed by atoms with Gasteiger partial charge in [0.05, 0.1) is 12.5 Å². The monoisotopic (exact) mass is 385 g/mol. The van der Waals surface area contributed by atoms with Crippen LogP contribution in [0.1, 0.15) is 36.0 Å². The number of benzene rings is 2. The molecule has 3 aromatic rings. The molecule has 0 aliphatic heterocycles. The molecular weight excluding hydrogens is 358 g/mol. The number of amides is 1. The molecule has 1 heterocycles. The zero-order valence-electron chi connectivity index (χ0n) is 16.6. The van der Waals surface area contributed by atoms with E-state index in [9.17, 15) is 4.79 Å². The summed E-state index contributed by atoms with van der Waals surface area (Å²) >= 11 is 0. The fourth-order valence-electron chi connectivity index (χ4n) is 4.18. The SMILES string of the molecule is O=C(C=C[C@@H]1CC1(c1ccccc1)c1ccccc1)NCCCCc1ccoc1. The van der Waals surface area contributed by atoms with E-state index < -0.39 is 0 Å². The van der Waals surface area contributed by atoms with Crippen LogP contribution in [0.5, 0.6) is 0 Å². The van der Waals surface area contributed by atoms with Crippen LogP contribution in [0.25, 0.3) is 0 Å². The first-order chi connectivity index (χ1) is 14.3. The number of allylic oxidation sites excluding steroid dienone is 1. The lowest BCUT2D eigenvalue weighted by atomic mass is 9.85. The quantitative estimate of drug-likeness (QED) is 0.402. The van der Waals surface area contributed by atoms with Gasteiger partial charge in [-0.25, -0.2) is 0 Å². The molecule has 3 heteroatoms. The number of hydrogen-bond donors (Lipinski definition) is 1. The van der Waals surface area contributed by atoms with Crippen molar-refractivity contribution >= 4 is 5.91 Å². The molecule has 0 bridgehead atoms. The van der Waals surface area contributed by atoms with Gasteiger partial charge in [-0.3, -0.25) is 4.79 Å². The van der Waals surface area contributed by atoms with Crippen LogP contribution in [0.4, 0.5) is 0 Å². The van der Waals surface area contributed by atoms with E-state index in [-0.39, 0.29) is 11.3 Å². The molecule has 1 atom stereocenters. The molecule has 1 aliphatic carbocycles. The van der Waals surface area contributed by atoms with Gasteiger partial charge in [-0.05, 0) is 60.4 Å². The Balaban J connectivity index is 1.31. The highest BCUT2D eigenvalue weighted by Crippen LogP contribution is 2.59. The van der Waals surface area contributed by atoms with Gasteiger partial charge in [0.15, 0.2) is 0 Å². The Morgan fingerprint density at radius 2 is 1.69 bits per heavy atom. The van der Waals surface area contributed by atoms with Crippen LogP contribution in [0, 0.1) is 5.92 Å². The summed E-state index contributed by atoms with van der Waals surface area (Å²) in [5.74, 6) is 0.342. The Morgan fingerprint density at radius 3 is 2.31 bits per heavy atom. The minimum absolute atomic E-state index is 0.00441. The highest BCUT2D eigenvalue weighted by Gasteiger charge is 2.54. The summed E-state index contributed by atoms with van der Waals surface area (Å²) in [6.07, 6.45) is 11.3. The second-order valence-corrected chi connectivity index (χ2v) is 7.75. The zero-order valence-corrected chi connectivity index (χ0v) is 16.6. The highest BCUT2D eigenvalue weighted by atomic mass is 16.3. The van der Waals surface area contributed by atoms with Crippen molar-refractivity contribution in [2.24, 2.45) is 5.92 Å². The fraction of sp³-hybridized carbons (Fsp3) is 0.269. The Kier molecular flexibility index (Phi) is 5.95. The van der Waals surface area contributed by atoms with E-state index in [2.05, 4.69) is 72.1 Å². The lowest BCUT2D eigenvalue weighted by Crippen LogP contribution is -2.22. The summed E-state index contributed by atoms with van der Waals surface area (Å²) in [6, 6.07) is 23.2. The van der Waals surface area contributed by atoms with Gasteiger partial charge in [0.25, 0.3) is 0 Å². The van der Waals surface area contributed by atoms with Crippen LogP contribution in [0.3, 0.4) is 0 Å². The average Bonchev–Trinajstić information content (AvgIpc) is 3.28. The lowest BCUT2D eigenvalue weighted by Gasteiger charge is -2.18. The molecule has 0 unspecified atom stereocenters. The van der Waals surface area contributed by atoms with Crippen molar-refractivity contribution < 1.29 is 9.21 Å². The first kappa shape index (κ1) is 19.3. The third kappa shape index (κ3) is 4.51. The molecule has 1 aliphatic rings. The second kappa shape index (κ2) is 8.95. The minimum Gasteiger partial charge on any atom is -0.472 e. The molecule has 1 fully saturated rings. The van der Waals surface area contributed by atoms with E-state index in [1.54, 1.807) is 18.6 Å². The van der Waals surface area contributed by atoms with E-state index in [0.717, 1.165) is 25.7 Å². The van der Waals surface area contributed by atoms with Crippen LogP contribution in [0.15, 0.2) is 95.8 Å². The molecule has 1 amide bonds. The van der Waals surface area contributed by atoms with Gasteiger partial charge in [-0.1, -0.05) is 66.7 Å². The number of furan rings is 1. The Hall–Kier alpha value is -3.07. The maximum atomic E-state index is 12.2. The van der Waals surface area contributed by atoms with Gasteiger partial charge in [-0.15, -0.1) is 0 Å². The van der Waals surface area contributed by atoms with Crippen molar-refractivity contribution in [2.75, 3.05) is 6.54 Å². The lowest BCUT2D eigenvalue weighted by molar-refractivity contribution is -0.116. The summed E-state index contributed by atoms with van der Waals surface area (Å²) in [6.45, 7) is 0.703. The topological polar surface area (TPSA) is 42.2 Å². The molecule has 3 nitrogen and oxygen atoms in total. The van der Waals surface area contributed by atoms with Crippen LogP contribution in [-0.2, 0) is 16.6 Å². The van der Waals surface area contributed by atoms with Crippen LogP contribution < -0.4 is 5.32 Å². The summed E-state index contributed by atoms with van der Waals surface area (Å²) in [5.41, 5.74) is 3.84. The number of nitrogens with one attached hydrogen (secondary N) is 1. The van der Waals surface area contributed by atoms with Gasteiger partial charge in [-0.2, -0.15) is 0 Å². The van der Waals surface area contributed by atoms with E-state index in [4.69, 9.17) is 4.42 Å². The van der Waals surface area contributed by atoms with Crippen LogP contribution in [-0.4, -0.2) is 12.5 Å². The molecule has 148 valence electrons. The molecule has 2 aromatic carbocycles. The number of hydrogen-bond acceptors (Lipinski definition) is 2. The number of carbonyl (C=O) groups is 1. The van der Waals surface area contributed by atoms with Crippen LogP contribution >= 0.6 is 0 Å². The van der Waals surface area contributed by atoms with Gasteiger partial charge in [0.2, 0.25) is 5.91 Å². The molecule has 1 saturated carbocycles. The molecule has 29 heavy (non-hydrogen) atoms. The molecule has 0 spiro atoms. The van der Waals surface area contributed by atoms with E-state index in [1.807, 2.05) is 6.07 Å². The maximum Gasteiger partial charge on any atom is 0.243 e. The Bertz CT molecular complexity index is 890. The third-order valence-corrected chi connectivity index (χ3v) is 5.84. The Labute approximate surface area is 172 Å². The van der Waals surface area contributed by atoms with Gasteiger partial charge in [0.1, 0.15) is 0 Å². The van der Waals surface area contributed by atoms with Crippen LogP contribution in [0.2, 0.25) is 0 Å². The van der Waals surface area contributed by atoms with Gasteiger partial charge < -0.3 is 9.73 Å². The molecular formula is C26H27NO2.